The van der Waals surface area contributed by atoms with Gasteiger partial charge in [0.25, 0.3) is 10.1 Å². The quantitative estimate of drug-likeness (QED) is 0.0158. The summed E-state index contributed by atoms with van der Waals surface area (Å²) in [6, 6.07) is 9.59. The van der Waals surface area contributed by atoms with E-state index in [-0.39, 0.29) is 22.4 Å². The number of nitrogens with two attached hydrogens (primary N) is 2. The van der Waals surface area contributed by atoms with Gasteiger partial charge in [-0.15, -0.1) is 4.33 Å². The molecule has 2 aromatic heterocycles. The summed E-state index contributed by atoms with van der Waals surface area (Å²) in [6.45, 7) is 6.65. The molecule has 6 rings (SSSR count). The van der Waals surface area contributed by atoms with Crippen LogP contribution in [0.15, 0.2) is 46.2 Å². The van der Waals surface area contributed by atoms with Gasteiger partial charge in [-0.1, -0.05) is 29.3 Å². The summed E-state index contributed by atoms with van der Waals surface area (Å²) in [5.74, 6) is 2.02. The van der Waals surface area contributed by atoms with Crippen LogP contribution in [-0.2, 0) is 29.0 Å². The van der Waals surface area contributed by atoms with Gasteiger partial charge in [0.05, 0.1) is 38.5 Å². The second-order valence-corrected chi connectivity index (χ2v) is 14.8. The normalized spacial score (nSPS) is 14.8. The highest BCUT2D eigenvalue weighted by atomic mass is 32.2. The van der Waals surface area contributed by atoms with Gasteiger partial charge in [0, 0.05) is 55.5 Å². The summed E-state index contributed by atoms with van der Waals surface area (Å²) in [5.41, 5.74) is 12.9. The molecular weight excluding hydrogens is 797 g/mol. The van der Waals surface area contributed by atoms with Gasteiger partial charge in [-0.25, -0.2) is 5.26 Å². The molecule has 2 saturated heterocycles. The number of benzene rings is 2. The van der Waals surface area contributed by atoms with E-state index in [4.69, 9.17) is 30.5 Å². The minimum absolute atomic E-state index is 0.159. The van der Waals surface area contributed by atoms with E-state index in [0.29, 0.717) is 143 Å². The van der Waals surface area contributed by atoms with Crippen LogP contribution in [0, 0.1) is 0 Å². The van der Waals surface area contributed by atoms with Crippen molar-refractivity contribution in [2.45, 2.75) is 22.6 Å². The van der Waals surface area contributed by atoms with Crippen LogP contribution in [0.3, 0.4) is 0 Å². The smallest absolute Gasteiger partial charge is 0.295 e. The molecule has 2 aliphatic rings. The van der Waals surface area contributed by atoms with Crippen molar-refractivity contribution in [3.05, 3.63) is 47.5 Å². The molecule has 2 aliphatic heterocycles. The molecule has 4 heterocycles. The van der Waals surface area contributed by atoms with Crippen molar-refractivity contribution < 1.29 is 37.1 Å². The second kappa shape index (κ2) is 21.1. The van der Waals surface area contributed by atoms with Gasteiger partial charge in [0.2, 0.25) is 35.7 Å². The number of nitrogens with one attached hydrogen (secondary N) is 4. The number of morpholine rings is 2. The third-order valence-electron chi connectivity index (χ3n) is 8.58. The lowest BCUT2D eigenvalue weighted by molar-refractivity contribution is -0.432. The average molecular weight is 843 g/mol. The molecule has 58 heavy (non-hydrogen) atoms. The minimum Gasteiger partial charge on any atom is -0.378 e. The number of rotatable bonds is 20. The lowest BCUT2D eigenvalue weighted by Gasteiger charge is -2.27. The minimum atomic E-state index is -4.71. The molecular formula is C34H46N14O8S2. The zero-order valence-corrected chi connectivity index (χ0v) is 33.0. The Bertz CT molecular complexity index is 2110. The number of nitrogens with zero attached hydrogens (tertiary/aromatic N) is 8. The first-order valence-electron chi connectivity index (χ1n) is 18.4. The maximum atomic E-state index is 12.7. The van der Waals surface area contributed by atoms with Crippen LogP contribution < -0.4 is 42.5 Å². The Balaban J connectivity index is 1.24. The van der Waals surface area contributed by atoms with Crippen LogP contribution in [0.2, 0.25) is 0 Å². The topological polar surface area (TPSA) is 295 Å². The van der Waals surface area contributed by atoms with Gasteiger partial charge in [-0.3, -0.25) is 4.55 Å². The fourth-order valence-electron chi connectivity index (χ4n) is 5.70. The largest absolute Gasteiger partial charge is 0.378 e. The number of hydrogen-bond donors (Lipinski definition) is 8. The van der Waals surface area contributed by atoms with Crippen LogP contribution in [0.1, 0.15) is 24.0 Å². The van der Waals surface area contributed by atoms with Crippen molar-refractivity contribution in [1.82, 2.24) is 29.9 Å². The van der Waals surface area contributed by atoms with Crippen LogP contribution in [-0.4, -0.2) is 127 Å². The number of ether oxygens (including phenoxy) is 2. The van der Waals surface area contributed by atoms with Gasteiger partial charge in [0.15, 0.2) is 0 Å². The highest BCUT2D eigenvalue weighted by Crippen LogP contribution is 2.31. The molecule has 0 saturated carbocycles. The summed E-state index contributed by atoms with van der Waals surface area (Å²) >= 11 is 0.700. The molecule has 10 N–H and O–H groups in total. The zero-order valence-electron chi connectivity index (χ0n) is 31.4. The Morgan fingerprint density at radius 2 is 1.21 bits per heavy atom. The van der Waals surface area contributed by atoms with Gasteiger partial charge < -0.3 is 52.0 Å². The van der Waals surface area contributed by atoms with Crippen LogP contribution in [0.4, 0.5) is 47.1 Å². The maximum absolute atomic E-state index is 12.7. The Morgan fingerprint density at radius 3 is 1.71 bits per heavy atom. The van der Waals surface area contributed by atoms with E-state index in [1.807, 2.05) is 9.80 Å². The Kier molecular flexibility index (Phi) is 15.5. The highest BCUT2D eigenvalue weighted by Gasteiger charge is 2.20. The van der Waals surface area contributed by atoms with E-state index in [9.17, 15) is 13.0 Å². The van der Waals surface area contributed by atoms with E-state index >= 15 is 0 Å². The van der Waals surface area contributed by atoms with Crippen molar-refractivity contribution in [2.75, 3.05) is 110 Å². The molecule has 0 radical (unpaired) electrons. The standard InChI is InChI=1S/C34H46N14O8S2/c35-9-1-11-37-29-41-31(45-33(43-29)47-13-17-53-18-14-47)39-25-7-5-23(27(21-25)57-56-55-49)3-4-24-6-8-26(22-28(24)58(50,51)52)40-32-42-30(38-12-2-10-36)44-34(46-32)48-15-19-54-20-16-48/h3-8,21-22,49H,1-2,9-20,35-36H2,(H,50,51,52)(H2,37,39,41,43,45)(H2,38,40,42,44,46)/b4-3+. The third-order valence-corrected chi connectivity index (χ3v) is 10.1. The molecule has 2 aromatic carbocycles. The monoisotopic (exact) mass is 842 g/mol. The van der Waals surface area contributed by atoms with E-state index in [1.54, 1.807) is 30.3 Å². The molecule has 0 amide bonds. The van der Waals surface area contributed by atoms with E-state index in [1.165, 1.54) is 18.2 Å². The predicted octanol–water partition coefficient (Wildman–Crippen LogP) is 2.58. The number of aromatic nitrogens is 6. The predicted molar refractivity (Wildman–Crippen MR) is 219 cm³/mol. The lowest BCUT2D eigenvalue weighted by atomic mass is 10.1. The van der Waals surface area contributed by atoms with E-state index < -0.39 is 10.1 Å². The Labute approximate surface area is 339 Å². The Hall–Kier alpha value is -5.02. The van der Waals surface area contributed by atoms with Crippen LogP contribution in [0.5, 0.6) is 0 Å². The van der Waals surface area contributed by atoms with Gasteiger partial charge in [-0.2, -0.15) is 38.3 Å². The highest BCUT2D eigenvalue weighted by molar-refractivity contribution is 7.94. The van der Waals surface area contributed by atoms with E-state index in [2.05, 4.69) is 56.2 Å². The van der Waals surface area contributed by atoms with Crippen molar-refractivity contribution >= 4 is 81.4 Å². The molecule has 4 aromatic rings. The second-order valence-electron chi connectivity index (χ2n) is 12.7. The molecule has 312 valence electrons. The molecule has 0 unspecified atom stereocenters. The van der Waals surface area contributed by atoms with Crippen molar-refractivity contribution in [3.63, 3.8) is 0 Å². The summed E-state index contributed by atoms with van der Waals surface area (Å²) in [6.07, 6.45) is 4.55. The molecule has 0 atom stereocenters. The molecule has 22 nitrogen and oxygen atoms in total. The maximum Gasteiger partial charge on any atom is 0.295 e. The molecule has 2 fully saturated rings. The summed E-state index contributed by atoms with van der Waals surface area (Å²) in [7, 11) is -4.71. The van der Waals surface area contributed by atoms with Crippen molar-refractivity contribution in [1.29, 1.82) is 0 Å². The SMILES string of the molecule is NCCCNc1nc(Nc2ccc(/C=C/c3ccc(Nc4nc(NCCCN)nc(N5CCOCC5)n4)cc3S(=O)(=O)O)c(SOOO)c2)nc(N2CCOCC2)n1. The summed E-state index contributed by atoms with van der Waals surface area (Å²) in [4.78, 5) is 31.3. The number of anilines is 8. The molecule has 0 bridgehead atoms. The van der Waals surface area contributed by atoms with Crippen LogP contribution >= 0.6 is 12.0 Å². The van der Waals surface area contributed by atoms with Gasteiger partial charge >= 0.3 is 0 Å². The third kappa shape index (κ3) is 12.2. The Morgan fingerprint density at radius 1 is 0.724 bits per heavy atom. The fourth-order valence-corrected chi connectivity index (χ4v) is 6.92. The fraction of sp³-hybridized carbons (Fsp3) is 0.412. The molecule has 0 aliphatic carbocycles. The first-order valence-corrected chi connectivity index (χ1v) is 20.6. The average Bonchev–Trinajstić information content (AvgIpc) is 3.23. The first kappa shape index (κ1) is 42.6. The van der Waals surface area contributed by atoms with Gasteiger partial charge in [0.1, 0.15) is 4.90 Å². The summed E-state index contributed by atoms with van der Waals surface area (Å²) < 4.78 is 51.4. The van der Waals surface area contributed by atoms with Gasteiger partial charge in [-0.05, 0) is 61.3 Å². The first-order chi connectivity index (χ1) is 28.2. The lowest BCUT2D eigenvalue weighted by Crippen LogP contribution is -2.37. The molecule has 24 heteroatoms. The zero-order chi connectivity index (χ0) is 40.7. The molecule has 0 spiro atoms. The van der Waals surface area contributed by atoms with Crippen molar-refractivity contribution in [3.8, 4) is 0 Å². The van der Waals surface area contributed by atoms with E-state index in [0.717, 1.165) is 6.42 Å². The van der Waals surface area contributed by atoms with Crippen molar-refractivity contribution in [2.24, 2.45) is 11.5 Å². The van der Waals surface area contributed by atoms with Crippen LogP contribution in [0.25, 0.3) is 12.2 Å². The summed E-state index contributed by atoms with van der Waals surface area (Å²) in [5, 5.41) is 25.4. The number of hydrogen-bond acceptors (Lipinski definition) is 22.